The molecular formula is C18H15N3O4. The summed E-state index contributed by atoms with van der Waals surface area (Å²) >= 11 is 0. The number of nitrogens with zero attached hydrogens (tertiary/aromatic N) is 3. The smallest absolute Gasteiger partial charge is 0.389 e. The molecule has 0 aliphatic carbocycles. The van der Waals surface area contributed by atoms with Crippen molar-refractivity contribution in [3.8, 4) is 0 Å². The fourth-order valence-corrected chi connectivity index (χ4v) is 2.32. The number of hydrogen-bond donors (Lipinski definition) is 0. The summed E-state index contributed by atoms with van der Waals surface area (Å²) in [5.74, 6) is 0.790. The standard InChI is InChI=1S/C18H15N3O4/c1-13-3-2-4-14(11-13)17(22)8-7-15-5-6-16(25-15)12-20-10-9-18(19-20)21(23)24/h2-11H,12H2,1H3/b8-7+. The van der Waals surface area contributed by atoms with Gasteiger partial charge in [-0.1, -0.05) is 23.8 Å². The lowest BCUT2D eigenvalue weighted by atomic mass is 10.1. The Morgan fingerprint density at radius 3 is 2.88 bits per heavy atom. The van der Waals surface area contributed by atoms with Gasteiger partial charge in [0, 0.05) is 5.56 Å². The molecule has 25 heavy (non-hydrogen) atoms. The summed E-state index contributed by atoms with van der Waals surface area (Å²) in [5.41, 5.74) is 1.64. The molecule has 126 valence electrons. The summed E-state index contributed by atoms with van der Waals surface area (Å²) in [6.07, 6.45) is 4.56. The van der Waals surface area contributed by atoms with Crippen molar-refractivity contribution < 1.29 is 14.1 Å². The van der Waals surface area contributed by atoms with Gasteiger partial charge in [-0.25, -0.2) is 0 Å². The Kier molecular flexibility index (Phi) is 4.56. The number of allylic oxidation sites excluding steroid dienone is 1. The van der Waals surface area contributed by atoms with Crippen molar-refractivity contribution in [2.24, 2.45) is 0 Å². The number of carbonyl (C=O) groups is 1. The lowest BCUT2D eigenvalue weighted by Gasteiger charge is -1.97. The molecule has 7 heteroatoms. The van der Waals surface area contributed by atoms with E-state index in [0.717, 1.165) is 5.56 Å². The average molecular weight is 337 g/mol. The highest BCUT2D eigenvalue weighted by atomic mass is 16.6. The Morgan fingerprint density at radius 2 is 2.16 bits per heavy atom. The van der Waals surface area contributed by atoms with Crippen LogP contribution in [-0.2, 0) is 6.54 Å². The van der Waals surface area contributed by atoms with Crippen LogP contribution in [0.4, 0.5) is 5.82 Å². The summed E-state index contributed by atoms with van der Waals surface area (Å²) in [7, 11) is 0. The molecule has 0 aliphatic heterocycles. The molecule has 0 amide bonds. The van der Waals surface area contributed by atoms with Gasteiger partial charge in [-0.15, -0.1) is 0 Å². The number of aromatic nitrogens is 2. The number of hydrogen-bond acceptors (Lipinski definition) is 5. The molecular weight excluding hydrogens is 322 g/mol. The lowest BCUT2D eigenvalue weighted by Crippen LogP contribution is -2.00. The minimum absolute atomic E-state index is 0.107. The molecule has 0 spiro atoms. The van der Waals surface area contributed by atoms with Crippen LogP contribution in [0.5, 0.6) is 0 Å². The Balaban J connectivity index is 1.66. The summed E-state index contributed by atoms with van der Waals surface area (Å²) in [6, 6.07) is 12.1. The zero-order chi connectivity index (χ0) is 17.8. The maximum atomic E-state index is 12.1. The van der Waals surface area contributed by atoms with E-state index >= 15 is 0 Å². The fraction of sp³-hybridized carbons (Fsp3) is 0.111. The third-order valence-electron chi connectivity index (χ3n) is 3.52. The zero-order valence-corrected chi connectivity index (χ0v) is 13.5. The Hall–Kier alpha value is -3.48. The largest absolute Gasteiger partial charge is 0.460 e. The van der Waals surface area contributed by atoms with Crippen molar-refractivity contribution in [1.29, 1.82) is 0 Å². The molecule has 0 fully saturated rings. The molecule has 3 aromatic rings. The van der Waals surface area contributed by atoms with E-state index in [-0.39, 0.29) is 18.1 Å². The Bertz CT molecular complexity index is 953. The normalized spacial score (nSPS) is 11.1. The van der Waals surface area contributed by atoms with E-state index in [0.29, 0.717) is 17.1 Å². The molecule has 7 nitrogen and oxygen atoms in total. The number of aryl methyl sites for hydroxylation is 1. The number of nitro groups is 1. The third kappa shape index (κ3) is 4.08. The average Bonchev–Trinajstić information content (AvgIpc) is 3.22. The van der Waals surface area contributed by atoms with Crippen molar-refractivity contribution in [2.75, 3.05) is 0 Å². The van der Waals surface area contributed by atoms with Crippen LogP contribution in [0.1, 0.15) is 27.4 Å². The predicted octanol–water partition coefficient (Wildman–Crippen LogP) is 3.64. The van der Waals surface area contributed by atoms with E-state index in [1.54, 1.807) is 24.3 Å². The number of rotatable bonds is 6. The van der Waals surface area contributed by atoms with Gasteiger partial charge in [0.2, 0.25) is 0 Å². The lowest BCUT2D eigenvalue weighted by molar-refractivity contribution is -0.389. The first-order valence-electron chi connectivity index (χ1n) is 7.57. The molecule has 0 bridgehead atoms. The maximum Gasteiger partial charge on any atom is 0.389 e. The van der Waals surface area contributed by atoms with Crippen molar-refractivity contribution in [2.45, 2.75) is 13.5 Å². The maximum absolute atomic E-state index is 12.1. The Labute approximate surface area is 143 Å². The minimum Gasteiger partial charge on any atom is -0.460 e. The van der Waals surface area contributed by atoms with Gasteiger partial charge >= 0.3 is 5.82 Å². The quantitative estimate of drug-likeness (QED) is 0.296. The molecule has 0 unspecified atom stereocenters. The number of carbonyl (C=O) groups excluding carboxylic acids is 1. The number of ketones is 1. The Morgan fingerprint density at radius 1 is 1.32 bits per heavy atom. The van der Waals surface area contributed by atoms with Gasteiger partial charge in [0.15, 0.2) is 5.78 Å². The topological polar surface area (TPSA) is 91.2 Å². The van der Waals surface area contributed by atoms with E-state index < -0.39 is 4.92 Å². The second-order valence-electron chi connectivity index (χ2n) is 5.50. The van der Waals surface area contributed by atoms with Crippen LogP contribution < -0.4 is 0 Å². The molecule has 0 atom stereocenters. The molecule has 2 heterocycles. The van der Waals surface area contributed by atoms with Gasteiger partial charge < -0.3 is 14.5 Å². The van der Waals surface area contributed by atoms with Gasteiger partial charge in [0.05, 0.1) is 17.4 Å². The van der Waals surface area contributed by atoms with Crippen LogP contribution >= 0.6 is 0 Å². The number of benzene rings is 1. The second-order valence-corrected chi connectivity index (χ2v) is 5.50. The highest BCUT2D eigenvalue weighted by Crippen LogP contribution is 2.14. The van der Waals surface area contributed by atoms with Crippen molar-refractivity contribution in [3.05, 3.63) is 87.5 Å². The van der Waals surface area contributed by atoms with Crippen molar-refractivity contribution in [1.82, 2.24) is 9.78 Å². The van der Waals surface area contributed by atoms with E-state index in [4.69, 9.17) is 4.42 Å². The molecule has 1 aromatic carbocycles. The zero-order valence-electron chi connectivity index (χ0n) is 13.5. The first-order valence-corrected chi connectivity index (χ1v) is 7.57. The highest BCUT2D eigenvalue weighted by Gasteiger charge is 2.12. The van der Waals surface area contributed by atoms with Crippen molar-refractivity contribution >= 4 is 17.7 Å². The third-order valence-corrected chi connectivity index (χ3v) is 3.52. The van der Waals surface area contributed by atoms with Crippen molar-refractivity contribution in [3.63, 3.8) is 0 Å². The van der Waals surface area contributed by atoms with Crippen LogP contribution in [0.2, 0.25) is 0 Å². The molecule has 0 saturated carbocycles. The monoisotopic (exact) mass is 337 g/mol. The highest BCUT2D eigenvalue weighted by molar-refractivity contribution is 6.06. The van der Waals surface area contributed by atoms with Gasteiger partial charge in [0.1, 0.15) is 18.1 Å². The van der Waals surface area contributed by atoms with E-state index in [1.807, 2.05) is 25.1 Å². The van der Waals surface area contributed by atoms with Crippen LogP contribution in [0.3, 0.4) is 0 Å². The van der Waals surface area contributed by atoms with E-state index in [2.05, 4.69) is 5.10 Å². The van der Waals surface area contributed by atoms with E-state index in [1.165, 1.54) is 23.0 Å². The fourth-order valence-electron chi connectivity index (χ4n) is 2.32. The molecule has 0 N–H and O–H groups in total. The van der Waals surface area contributed by atoms with Crippen LogP contribution in [0.15, 0.2) is 59.2 Å². The van der Waals surface area contributed by atoms with Crippen LogP contribution in [0.25, 0.3) is 6.08 Å². The van der Waals surface area contributed by atoms with Gasteiger partial charge in [-0.2, -0.15) is 4.68 Å². The summed E-state index contributed by atoms with van der Waals surface area (Å²) < 4.78 is 7.02. The first-order chi connectivity index (χ1) is 12.0. The van der Waals surface area contributed by atoms with Crippen LogP contribution in [-0.4, -0.2) is 20.5 Å². The summed E-state index contributed by atoms with van der Waals surface area (Å²) in [6.45, 7) is 2.20. The molecule has 0 saturated heterocycles. The molecule has 3 rings (SSSR count). The molecule has 2 aromatic heterocycles. The van der Waals surface area contributed by atoms with Gasteiger partial charge in [0.25, 0.3) is 0 Å². The summed E-state index contributed by atoms with van der Waals surface area (Å²) in [5, 5.41) is 14.4. The predicted molar refractivity (Wildman–Crippen MR) is 91.2 cm³/mol. The SMILES string of the molecule is Cc1cccc(C(=O)/C=C/c2ccc(Cn3ccc([N+](=O)[O-])n3)o2)c1. The van der Waals surface area contributed by atoms with Gasteiger partial charge in [-0.3, -0.25) is 4.79 Å². The first kappa shape index (κ1) is 16.4. The van der Waals surface area contributed by atoms with E-state index in [9.17, 15) is 14.9 Å². The summed E-state index contributed by atoms with van der Waals surface area (Å²) in [4.78, 5) is 22.2. The van der Waals surface area contributed by atoms with Gasteiger partial charge in [-0.05, 0) is 42.2 Å². The van der Waals surface area contributed by atoms with Crippen LogP contribution in [0, 0.1) is 17.0 Å². The molecule has 0 radical (unpaired) electrons. The second kappa shape index (κ2) is 6.96. The number of furan rings is 1. The molecule has 0 aliphatic rings. The minimum atomic E-state index is -0.552.